The summed E-state index contributed by atoms with van der Waals surface area (Å²) in [6.45, 7) is 2.37. The van der Waals surface area contributed by atoms with Crippen molar-refractivity contribution in [3.8, 4) is 0 Å². The Kier molecular flexibility index (Phi) is 5.64. The highest BCUT2D eigenvalue weighted by atomic mass is 16.2. The van der Waals surface area contributed by atoms with E-state index in [1.54, 1.807) is 16.8 Å². The monoisotopic (exact) mass is 443 g/mol. The van der Waals surface area contributed by atoms with Crippen LogP contribution in [0.25, 0.3) is 6.08 Å². The molecule has 3 atom stereocenters. The molecular weight excluding hydrogens is 418 g/mol. The van der Waals surface area contributed by atoms with Gasteiger partial charge in [0, 0.05) is 18.7 Å². The first-order chi connectivity index (χ1) is 16.1. The average Bonchev–Trinajstić information content (AvgIpc) is 3.42. The average molecular weight is 444 g/mol. The molecule has 2 amide bonds. The molecular formula is C24H25N7O2. The molecule has 9 heteroatoms. The molecule has 0 bridgehead atoms. The molecule has 0 saturated carbocycles. The summed E-state index contributed by atoms with van der Waals surface area (Å²) in [5.41, 5.74) is 5.92. The predicted molar refractivity (Wildman–Crippen MR) is 126 cm³/mol. The third-order valence-corrected chi connectivity index (χ3v) is 5.70. The maximum absolute atomic E-state index is 12.9. The van der Waals surface area contributed by atoms with Gasteiger partial charge in [0.2, 0.25) is 11.8 Å². The third-order valence-electron chi connectivity index (χ3n) is 5.70. The zero-order chi connectivity index (χ0) is 22.8. The number of aryl methyl sites for hydroxylation is 1. The molecule has 2 aliphatic rings. The molecule has 3 unspecified atom stereocenters. The van der Waals surface area contributed by atoms with Crippen LogP contribution in [0.5, 0.6) is 0 Å². The van der Waals surface area contributed by atoms with Crippen LogP contribution in [0, 0.1) is 12.8 Å². The van der Waals surface area contributed by atoms with Gasteiger partial charge in [0.1, 0.15) is 12.0 Å². The quantitative estimate of drug-likeness (QED) is 0.450. The summed E-state index contributed by atoms with van der Waals surface area (Å²) in [7, 11) is 0. The summed E-state index contributed by atoms with van der Waals surface area (Å²) in [4.78, 5) is 25.4. The number of anilines is 2. The minimum absolute atomic E-state index is 0.0796. The van der Waals surface area contributed by atoms with Gasteiger partial charge in [0.05, 0.1) is 17.3 Å². The summed E-state index contributed by atoms with van der Waals surface area (Å²) in [6, 6.07) is 21.2. The van der Waals surface area contributed by atoms with Crippen LogP contribution in [0.1, 0.15) is 17.5 Å². The van der Waals surface area contributed by atoms with E-state index < -0.39 is 6.29 Å². The van der Waals surface area contributed by atoms with Gasteiger partial charge in [-0.25, -0.2) is 10.1 Å². The van der Waals surface area contributed by atoms with Gasteiger partial charge in [-0.2, -0.15) is 5.10 Å². The smallest absolute Gasteiger partial charge is 0.249 e. The van der Waals surface area contributed by atoms with Crippen molar-refractivity contribution in [2.75, 3.05) is 16.9 Å². The van der Waals surface area contributed by atoms with Gasteiger partial charge in [0.15, 0.2) is 6.29 Å². The second kappa shape index (κ2) is 8.89. The Labute approximate surface area is 191 Å². The number of carbonyl (C=O) groups is 2. The van der Waals surface area contributed by atoms with Gasteiger partial charge >= 0.3 is 0 Å². The van der Waals surface area contributed by atoms with E-state index in [1.165, 1.54) is 6.08 Å². The summed E-state index contributed by atoms with van der Waals surface area (Å²) in [6.07, 6.45) is 2.34. The SMILES string of the molecule is Cc1cc(NC(=O)/C=C/c2ccccc2)n(C2NC(=O)C3CNN(c4ccccc4)C3N2)n1. The molecule has 2 aromatic carbocycles. The molecule has 1 aromatic heterocycles. The third kappa shape index (κ3) is 4.36. The molecule has 168 valence electrons. The summed E-state index contributed by atoms with van der Waals surface area (Å²) >= 11 is 0. The maximum Gasteiger partial charge on any atom is 0.249 e. The second-order valence-electron chi connectivity index (χ2n) is 8.05. The maximum atomic E-state index is 12.9. The molecule has 5 rings (SSSR count). The molecule has 0 aliphatic carbocycles. The van der Waals surface area contributed by atoms with Gasteiger partial charge in [0.25, 0.3) is 0 Å². The minimum Gasteiger partial charge on any atom is -0.321 e. The lowest BCUT2D eigenvalue weighted by Crippen LogP contribution is -2.61. The van der Waals surface area contributed by atoms with Crippen LogP contribution in [0.4, 0.5) is 11.5 Å². The predicted octanol–water partition coefficient (Wildman–Crippen LogP) is 1.99. The van der Waals surface area contributed by atoms with E-state index in [0.29, 0.717) is 12.4 Å². The van der Waals surface area contributed by atoms with Gasteiger partial charge in [-0.1, -0.05) is 48.5 Å². The van der Waals surface area contributed by atoms with E-state index in [1.807, 2.05) is 72.6 Å². The number of carbonyl (C=O) groups excluding carboxylic acids is 2. The van der Waals surface area contributed by atoms with E-state index in [2.05, 4.69) is 26.5 Å². The highest BCUT2D eigenvalue weighted by molar-refractivity contribution is 6.01. The van der Waals surface area contributed by atoms with Gasteiger partial charge < -0.3 is 10.6 Å². The van der Waals surface area contributed by atoms with Crippen LogP contribution in [0.15, 0.2) is 72.8 Å². The fourth-order valence-corrected chi connectivity index (χ4v) is 4.14. The van der Waals surface area contributed by atoms with E-state index in [9.17, 15) is 9.59 Å². The molecule has 2 aliphatic heterocycles. The number of fused-ring (bicyclic) bond motifs is 1. The summed E-state index contributed by atoms with van der Waals surface area (Å²) < 4.78 is 1.60. The number of aromatic nitrogens is 2. The van der Waals surface area contributed by atoms with Crippen LogP contribution in [-0.2, 0) is 9.59 Å². The van der Waals surface area contributed by atoms with Crippen LogP contribution >= 0.6 is 0 Å². The van der Waals surface area contributed by atoms with Crippen molar-refractivity contribution in [3.05, 3.63) is 84.1 Å². The zero-order valence-corrected chi connectivity index (χ0v) is 18.1. The number of hydrogen-bond donors (Lipinski definition) is 4. The molecule has 2 saturated heterocycles. The number of hydrogen-bond acceptors (Lipinski definition) is 6. The number of amides is 2. The van der Waals surface area contributed by atoms with E-state index in [-0.39, 0.29) is 23.9 Å². The summed E-state index contributed by atoms with van der Waals surface area (Å²) in [5, 5.41) is 15.8. The lowest BCUT2D eigenvalue weighted by Gasteiger charge is -2.37. The van der Waals surface area contributed by atoms with Crippen LogP contribution in [0.3, 0.4) is 0 Å². The molecule has 33 heavy (non-hydrogen) atoms. The van der Waals surface area contributed by atoms with Gasteiger partial charge in [-0.15, -0.1) is 0 Å². The van der Waals surface area contributed by atoms with Crippen molar-refractivity contribution < 1.29 is 9.59 Å². The fourth-order valence-electron chi connectivity index (χ4n) is 4.14. The normalized spacial score (nSPS) is 22.3. The minimum atomic E-state index is -0.619. The highest BCUT2D eigenvalue weighted by Crippen LogP contribution is 2.27. The Bertz CT molecular complexity index is 1180. The first-order valence-corrected chi connectivity index (χ1v) is 10.8. The Morgan fingerprint density at radius 3 is 2.61 bits per heavy atom. The first-order valence-electron chi connectivity index (χ1n) is 10.8. The fraction of sp³-hybridized carbons (Fsp3) is 0.208. The van der Waals surface area contributed by atoms with Crippen molar-refractivity contribution >= 4 is 29.4 Å². The largest absolute Gasteiger partial charge is 0.321 e. The number of para-hydroxylation sites is 1. The lowest BCUT2D eigenvalue weighted by atomic mass is 10.0. The standard InChI is InChI=1S/C24H25N7O2/c1-16-14-20(26-21(32)13-12-17-8-4-2-5-9-17)31(29-16)24-27-22-19(23(33)28-24)15-25-30(22)18-10-6-3-7-11-18/h2-14,19,22,24-25,27H,15H2,1H3,(H,26,32)(H,28,33)/b13-12+. The first kappa shape index (κ1) is 20.9. The van der Waals surface area contributed by atoms with Crippen molar-refractivity contribution in [2.45, 2.75) is 19.4 Å². The zero-order valence-electron chi connectivity index (χ0n) is 18.1. The molecule has 3 heterocycles. The molecule has 0 radical (unpaired) electrons. The van der Waals surface area contributed by atoms with E-state index in [4.69, 9.17) is 0 Å². The molecule has 0 spiro atoms. The Morgan fingerprint density at radius 2 is 1.85 bits per heavy atom. The molecule has 2 fully saturated rings. The number of hydrazine groups is 1. The second-order valence-corrected chi connectivity index (χ2v) is 8.05. The number of nitrogens with one attached hydrogen (secondary N) is 4. The Balaban J connectivity index is 1.35. The summed E-state index contributed by atoms with van der Waals surface area (Å²) in [5.74, 6) is -0.133. The Morgan fingerprint density at radius 1 is 1.12 bits per heavy atom. The van der Waals surface area contributed by atoms with Crippen molar-refractivity contribution in [3.63, 3.8) is 0 Å². The van der Waals surface area contributed by atoms with Gasteiger partial charge in [-0.3, -0.25) is 19.9 Å². The van der Waals surface area contributed by atoms with Crippen LogP contribution in [-0.4, -0.2) is 34.3 Å². The molecule has 4 N–H and O–H groups in total. The van der Waals surface area contributed by atoms with E-state index in [0.717, 1.165) is 16.9 Å². The number of nitrogens with zero attached hydrogens (tertiary/aromatic N) is 3. The lowest BCUT2D eigenvalue weighted by molar-refractivity contribution is -0.129. The van der Waals surface area contributed by atoms with Crippen molar-refractivity contribution in [1.29, 1.82) is 0 Å². The van der Waals surface area contributed by atoms with Crippen molar-refractivity contribution in [2.24, 2.45) is 5.92 Å². The highest BCUT2D eigenvalue weighted by Gasteiger charge is 2.45. The Hall–Kier alpha value is -3.95. The van der Waals surface area contributed by atoms with Crippen LogP contribution < -0.4 is 26.4 Å². The molecule has 3 aromatic rings. The molecule has 9 nitrogen and oxygen atoms in total. The number of benzene rings is 2. The van der Waals surface area contributed by atoms with Crippen molar-refractivity contribution in [1.82, 2.24) is 25.8 Å². The van der Waals surface area contributed by atoms with Gasteiger partial charge in [-0.05, 0) is 30.7 Å². The van der Waals surface area contributed by atoms with E-state index >= 15 is 0 Å². The van der Waals surface area contributed by atoms with Crippen LogP contribution in [0.2, 0.25) is 0 Å². The topological polar surface area (TPSA) is 103 Å². The number of rotatable bonds is 5.